The van der Waals surface area contributed by atoms with E-state index in [2.05, 4.69) is 10.3 Å². The van der Waals surface area contributed by atoms with Gasteiger partial charge >= 0.3 is 5.97 Å². The molecular weight excluding hydrogens is 186 g/mol. The van der Waals surface area contributed by atoms with Crippen LogP contribution in [-0.2, 0) is 4.79 Å². The fraction of sp³-hybridized carbons (Fsp3) is 0.125. The van der Waals surface area contributed by atoms with Crippen LogP contribution < -0.4 is 11.1 Å². The molecule has 0 aromatic carbocycles. The lowest BCUT2D eigenvalue weighted by Crippen LogP contribution is -2.22. The molecule has 1 aromatic heterocycles. The number of nitrogens with two attached hydrogens (primary N) is 1. The highest BCUT2D eigenvalue weighted by atomic mass is 16.4. The SMILES string of the molecule is NCC(=O)Nc1ccnc(C(=O)O)c1. The highest BCUT2D eigenvalue weighted by molar-refractivity contribution is 5.93. The number of carboxylic acids is 1. The van der Waals surface area contributed by atoms with Crippen molar-refractivity contribution in [3.63, 3.8) is 0 Å². The summed E-state index contributed by atoms with van der Waals surface area (Å²) in [6, 6.07) is 2.75. The van der Waals surface area contributed by atoms with Gasteiger partial charge in [-0.15, -0.1) is 0 Å². The van der Waals surface area contributed by atoms with Crippen LogP contribution in [0.25, 0.3) is 0 Å². The van der Waals surface area contributed by atoms with Gasteiger partial charge in [-0.2, -0.15) is 0 Å². The average Bonchev–Trinajstić information content (AvgIpc) is 2.18. The molecule has 14 heavy (non-hydrogen) atoms. The molecule has 1 amide bonds. The van der Waals surface area contributed by atoms with Crippen LogP contribution in [0.15, 0.2) is 18.3 Å². The fourth-order valence-corrected chi connectivity index (χ4v) is 0.837. The van der Waals surface area contributed by atoms with Gasteiger partial charge in [-0.05, 0) is 12.1 Å². The Bertz CT molecular complexity index is 365. The molecule has 0 bridgehead atoms. The zero-order valence-corrected chi connectivity index (χ0v) is 7.23. The lowest BCUT2D eigenvalue weighted by atomic mass is 10.3. The molecule has 0 aliphatic carbocycles. The first-order valence-corrected chi connectivity index (χ1v) is 3.82. The van der Waals surface area contributed by atoms with Gasteiger partial charge in [-0.1, -0.05) is 0 Å². The summed E-state index contributed by atoms with van der Waals surface area (Å²) in [7, 11) is 0. The number of hydrogen-bond acceptors (Lipinski definition) is 4. The molecule has 0 aliphatic rings. The third-order valence-electron chi connectivity index (χ3n) is 1.45. The molecule has 1 rings (SSSR count). The van der Waals surface area contributed by atoms with Crippen LogP contribution in [-0.4, -0.2) is 28.5 Å². The van der Waals surface area contributed by atoms with Crippen molar-refractivity contribution in [2.75, 3.05) is 11.9 Å². The maximum atomic E-state index is 10.9. The van der Waals surface area contributed by atoms with Crippen molar-refractivity contribution in [2.24, 2.45) is 5.73 Å². The highest BCUT2D eigenvalue weighted by Crippen LogP contribution is 2.07. The van der Waals surface area contributed by atoms with Crippen LogP contribution in [0.3, 0.4) is 0 Å². The first-order chi connectivity index (χ1) is 6.63. The molecule has 1 heterocycles. The largest absolute Gasteiger partial charge is 0.477 e. The number of carbonyl (C=O) groups is 2. The van der Waals surface area contributed by atoms with Crippen molar-refractivity contribution >= 4 is 17.6 Å². The lowest BCUT2D eigenvalue weighted by Gasteiger charge is -2.02. The number of amides is 1. The molecule has 0 atom stereocenters. The number of carboxylic acid groups (broad SMARTS) is 1. The topological polar surface area (TPSA) is 105 Å². The van der Waals surface area contributed by atoms with E-state index in [1.54, 1.807) is 0 Å². The number of rotatable bonds is 3. The van der Waals surface area contributed by atoms with Crippen molar-refractivity contribution in [3.05, 3.63) is 24.0 Å². The summed E-state index contributed by atoms with van der Waals surface area (Å²) in [5.74, 6) is -1.53. The van der Waals surface area contributed by atoms with Gasteiger partial charge in [0.1, 0.15) is 5.69 Å². The van der Waals surface area contributed by atoms with Gasteiger partial charge < -0.3 is 16.2 Å². The van der Waals surface area contributed by atoms with Gasteiger partial charge in [0.15, 0.2) is 0 Å². The molecule has 0 fully saturated rings. The third kappa shape index (κ3) is 2.53. The van der Waals surface area contributed by atoms with E-state index in [0.717, 1.165) is 0 Å². The van der Waals surface area contributed by atoms with Crippen LogP contribution in [0, 0.1) is 0 Å². The van der Waals surface area contributed by atoms with E-state index in [4.69, 9.17) is 10.8 Å². The third-order valence-corrected chi connectivity index (χ3v) is 1.45. The summed E-state index contributed by atoms with van der Waals surface area (Å²) in [6.07, 6.45) is 1.30. The standard InChI is InChI=1S/C8H9N3O3/c9-4-7(12)11-5-1-2-10-6(3-5)8(13)14/h1-3H,4,9H2,(H,13,14)(H,10,11,12). The van der Waals surface area contributed by atoms with Crippen molar-refractivity contribution in [3.8, 4) is 0 Å². The Morgan fingerprint density at radius 3 is 2.86 bits per heavy atom. The van der Waals surface area contributed by atoms with Crippen LogP contribution in [0.5, 0.6) is 0 Å². The normalized spacial score (nSPS) is 9.50. The summed E-state index contributed by atoms with van der Waals surface area (Å²) >= 11 is 0. The van der Waals surface area contributed by atoms with Crippen molar-refractivity contribution in [2.45, 2.75) is 0 Å². The van der Waals surface area contributed by atoms with Crippen molar-refractivity contribution in [1.29, 1.82) is 0 Å². The molecule has 0 spiro atoms. The predicted molar refractivity (Wildman–Crippen MR) is 48.9 cm³/mol. The maximum absolute atomic E-state index is 10.9. The van der Waals surface area contributed by atoms with Crippen molar-refractivity contribution < 1.29 is 14.7 Å². The molecule has 6 nitrogen and oxygen atoms in total. The minimum atomic E-state index is -1.14. The summed E-state index contributed by atoms with van der Waals surface area (Å²) < 4.78 is 0. The monoisotopic (exact) mass is 195 g/mol. The summed E-state index contributed by atoms with van der Waals surface area (Å²) in [5, 5.41) is 11.0. The second-order valence-corrected chi connectivity index (χ2v) is 2.49. The maximum Gasteiger partial charge on any atom is 0.354 e. The molecule has 0 saturated carbocycles. The zero-order chi connectivity index (χ0) is 10.6. The number of aromatic nitrogens is 1. The Balaban J connectivity index is 2.83. The second kappa shape index (κ2) is 4.33. The summed E-state index contributed by atoms with van der Waals surface area (Å²) in [5.41, 5.74) is 5.32. The minimum absolute atomic E-state index is 0.125. The second-order valence-electron chi connectivity index (χ2n) is 2.49. The summed E-state index contributed by atoms with van der Waals surface area (Å²) in [4.78, 5) is 25.0. The van der Waals surface area contributed by atoms with Gasteiger partial charge in [0.25, 0.3) is 0 Å². The number of anilines is 1. The van der Waals surface area contributed by atoms with Gasteiger partial charge in [-0.25, -0.2) is 9.78 Å². The Kier molecular flexibility index (Phi) is 3.14. The van der Waals surface area contributed by atoms with E-state index < -0.39 is 5.97 Å². The zero-order valence-electron chi connectivity index (χ0n) is 7.23. The Hall–Kier alpha value is -1.95. The number of hydrogen-bond donors (Lipinski definition) is 3. The molecule has 4 N–H and O–H groups in total. The molecule has 0 aliphatic heterocycles. The van der Waals surface area contributed by atoms with Crippen LogP contribution in [0.2, 0.25) is 0 Å². The quantitative estimate of drug-likeness (QED) is 0.612. The smallest absolute Gasteiger partial charge is 0.354 e. The van der Waals surface area contributed by atoms with Gasteiger partial charge in [0.2, 0.25) is 5.91 Å². The van der Waals surface area contributed by atoms with Gasteiger partial charge in [0, 0.05) is 11.9 Å². The van der Waals surface area contributed by atoms with E-state index >= 15 is 0 Å². The lowest BCUT2D eigenvalue weighted by molar-refractivity contribution is -0.114. The summed E-state index contributed by atoms with van der Waals surface area (Å²) in [6.45, 7) is -0.148. The molecular formula is C8H9N3O3. The molecule has 0 unspecified atom stereocenters. The van der Waals surface area contributed by atoms with Crippen LogP contribution >= 0.6 is 0 Å². The van der Waals surface area contributed by atoms with E-state index in [-0.39, 0.29) is 18.1 Å². The molecule has 0 radical (unpaired) electrons. The number of nitrogens with one attached hydrogen (secondary N) is 1. The first kappa shape index (κ1) is 10.1. The van der Waals surface area contributed by atoms with E-state index in [1.165, 1.54) is 18.3 Å². The molecule has 1 aromatic rings. The Labute approximate surface area is 79.8 Å². The average molecular weight is 195 g/mol. The van der Waals surface area contributed by atoms with Crippen LogP contribution in [0.4, 0.5) is 5.69 Å². The van der Waals surface area contributed by atoms with Gasteiger partial charge in [0.05, 0.1) is 6.54 Å². The number of carbonyl (C=O) groups excluding carboxylic acids is 1. The predicted octanol–water partition coefficient (Wildman–Crippen LogP) is -0.323. The number of pyridine rings is 1. The van der Waals surface area contributed by atoms with E-state index in [0.29, 0.717) is 5.69 Å². The minimum Gasteiger partial charge on any atom is -0.477 e. The number of nitrogens with zero attached hydrogens (tertiary/aromatic N) is 1. The number of aromatic carboxylic acids is 1. The van der Waals surface area contributed by atoms with E-state index in [9.17, 15) is 9.59 Å². The Morgan fingerprint density at radius 2 is 2.29 bits per heavy atom. The molecule has 74 valence electrons. The fourth-order valence-electron chi connectivity index (χ4n) is 0.837. The molecule has 6 heteroatoms. The van der Waals surface area contributed by atoms with Crippen molar-refractivity contribution in [1.82, 2.24) is 4.98 Å². The van der Waals surface area contributed by atoms with E-state index in [1.807, 2.05) is 0 Å². The van der Waals surface area contributed by atoms with Crippen LogP contribution in [0.1, 0.15) is 10.5 Å². The van der Waals surface area contributed by atoms with Gasteiger partial charge in [-0.3, -0.25) is 4.79 Å². The Morgan fingerprint density at radius 1 is 1.57 bits per heavy atom. The molecule has 0 saturated heterocycles. The first-order valence-electron chi connectivity index (χ1n) is 3.82. The highest BCUT2D eigenvalue weighted by Gasteiger charge is 2.05.